The topological polar surface area (TPSA) is 57.9 Å². The molecule has 0 atom stereocenters. The van der Waals surface area contributed by atoms with Crippen LogP contribution in [-0.4, -0.2) is 9.97 Å². The van der Waals surface area contributed by atoms with Crippen LogP contribution in [0, 0.1) is 0 Å². The van der Waals surface area contributed by atoms with Crippen molar-refractivity contribution in [3.05, 3.63) is 56.9 Å². The molecule has 3 rings (SSSR count). The van der Waals surface area contributed by atoms with Gasteiger partial charge in [0.25, 0.3) is 0 Å². The lowest BCUT2D eigenvalue weighted by molar-refractivity contribution is 0.487. The minimum absolute atomic E-state index is 0.278. The third kappa shape index (κ3) is 2.32. The van der Waals surface area contributed by atoms with Crippen molar-refractivity contribution in [1.82, 2.24) is 9.97 Å². The Morgan fingerprint density at radius 3 is 2.63 bits per heavy atom. The van der Waals surface area contributed by atoms with Gasteiger partial charge >= 0.3 is 5.69 Å². The van der Waals surface area contributed by atoms with Crippen LogP contribution in [0.1, 0.15) is 0 Å². The minimum Gasteiger partial charge on any atom is -0.455 e. The Hall–Kier alpha value is -1.91. The van der Waals surface area contributed by atoms with Crippen LogP contribution in [-0.2, 0) is 0 Å². The number of hydrogen-bond donors (Lipinski definition) is 2. The van der Waals surface area contributed by atoms with Crippen molar-refractivity contribution < 1.29 is 4.74 Å². The summed E-state index contributed by atoms with van der Waals surface area (Å²) in [4.78, 5) is 16.6. The van der Waals surface area contributed by atoms with Crippen molar-refractivity contribution >= 4 is 34.2 Å². The van der Waals surface area contributed by atoms with E-state index in [1.165, 1.54) is 0 Å². The van der Waals surface area contributed by atoms with Crippen molar-refractivity contribution in [2.45, 2.75) is 0 Å². The molecular formula is C13H8Cl2N2O2. The fraction of sp³-hybridized carbons (Fsp3) is 0. The first-order chi connectivity index (χ1) is 9.13. The Morgan fingerprint density at radius 2 is 1.84 bits per heavy atom. The maximum atomic E-state index is 11.3. The molecule has 0 aliphatic heterocycles. The highest BCUT2D eigenvalue weighted by molar-refractivity contribution is 6.42. The molecule has 2 N–H and O–H groups in total. The van der Waals surface area contributed by atoms with Gasteiger partial charge in [-0.15, -0.1) is 0 Å². The summed E-state index contributed by atoms with van der Waals surface area (Å²) in [5.74, 6) is 1.08. The highest BCUT2D eigenvalue weighted by Crippen LogP contribution is 2.31. The van der Waals surface area contributed by atoms with Crippen LogP contribution < -0.4 is 10.4 Å². The Morgan fingerprint density at radius 1 is 1.00 bits per heavy atom. The van der Waals surface area contributed by atoms with Crippen molar-refractivity contribution in [1.29, 1.82) is 0 Å². The van der Waals surface area contributed by atoms with Crippen LogP contribution in [0.15, 0.2) is 41.2 Å². The fourth-order valence-corrected chi connectivity index (χ4v) is 2.07. The van der Waals surface area contributed by atoms with Crippen molar-refractivity contribution in [2.75, 3.05) is 0 Å². The number of rotatable bonds is 2. The zero-order chi connectivity index (χ0) is 13.4. The van der Waals surface area contributed by atoms with E-state index in [4.69, 9.17) is 27.9 Å². The maximum absolute atomic E-state index is 11.3. The van der Waals surface area contributed by atoms with Gasteiger partial charge in [-0.2, -0.15) is 0 Å². The molecule has 0 aliphatic rings. The standard InChI is InChI=1S/C13H8Cl2N2O2/c14-8-5-4-7(6-9(8)15)19-11-3-1-2-10-12(11)17-13(18)16-10/h1-6H,(H2,16,17,18). The number of halogens is 2. The highest BCUT2D eigenvalue weighted by atomic mass is 35.5. The van der Waals surface area contributed by atoms with E-state index in [2.05, 4.69) is 9.97 Å². The van der Waals surface area contributed by atoms with E-state index in [9.17, 15) is 4.79 Å². The summed E-state index contributed by atoms with van der Waals surface area (Å²) >= 11 is 11.8. The average Bonchev–Trinajstić information content (AvgIpc) is 2.75. The average molecular weight is 295 g/mol. The molecule has 0 spiro atoms. The molecule has 2 aromatic carbocycles. The van der Waals surface area contributed by atoms with Crippen LogP contribution in [0.3, 0.4) is 0 Å². The van der Waals surface area contributed by atoms with Crippen LogP contribution in [0.25, 0.3) is 11.0 Å². The molecule has 0 radical (unpaired) electrons. The molecule has 0 fully saturated rings. The molecule has 0 saturated carbocycles. The normalized spacial score (nSPS) is 10.8. The Kier molecular flexibility index (Phi) is 2.97. The minimum atomic E-state index is -0.278. The van der Waals surface area contributed by atoms with E-state index in [0.29, 0.717) is 32.6 Å². The quantitative estimate of drug-likeness (QED) is 0.752. The number of nitrogens with one attached hydrogen (secondary N) is 2. The summed E-state index contributed by atoms with van der Waals surface area (Å²) in [7, 11) is 0. The number of ether oxygens (including phenoxy) is 1. The van der Waals surface area contributed by atoms with Gasteiger partial charge in [-0.05, 0) is 24.3 Å². The van der Waals surface area contributed by atoms with Crippen molar-refractivity contribution in [3.8, 4) is 11.5 Å². The number of imidazole rings is 1. The van der Waals surface area contributed by atoms with Gasteiger partial charge in [-0.1, -0.05) is 29.3 Å². The summed E-state index contributed by atoms with van der Waals surface area (Å²) < 4.78 is 5.71. The monoisotopic (exact) mass is 294 g/mol. The fourth-order valence-electron chi connectivity index (χ4n) is 1.78. The molecule has 0 aliphatic carbocycles. The van der Waals surface area contributed by atoms with Gasteiger partial charge in [-0.3, -0.25) is 0 Å². The number of H-pyrrole nitrogens is 2. The molecule has 19 heavy (non-hydrogen) atoms. The van der Waals surface area contributed by atoms with Gasteiger partial charge in [0, 0.05) is 6.07 Å². The molecule has 4 nitrogen and oxygen atoms in total. The van der Waals surface area contributed by atoms with Gasteiger partial charge in [0.1, 0.15) is 11.3 Å². The lowest BCUT2D eigenvalue weighted by Gasteiger charge is -2.07. The molecular weight excluding hydrogens is 287 g/mol. The summed E-state index contributed by atoms with van der Waals surface area (Å²) in [6.07, 6.45) is 0. The molecule has 6 heteroatoms. The van der Waals surface area contributed by atoms with Gasteiger partial charge < -0.3 is 14.7 Å². The Labute approximate surface area is 117 Å². The van der Waals surface area contributed by atoms with E-state index >= 15 is 0 Å². The van der Waals surface area contributed by atoms with Crippen LogP contribution >= 0.6 is 23.2 Å². The first-order valence-corrected chi connectivity index (χ1v) is 6.23. The number of aromatic nitrogens is 2. The molecule has 0 bridgehead atoms. The largest absolute Gasteiger partial charge is 0.455 e. The zero-order valence-corrected chi connectivity index (χ0v) is 11.0. The molecule has 1 heterocycles. The summed E-state index contributed by atoms with van der Waals surface area (Å²) in [5.41, 5.74) is 1.02. The highest BCUT2D eigenvalue weighted by Gasteiger charge is 2.07. The molecule has 0 amide bonds. The Bertz CT molecular complexity index is 808. The predicted molar refractivity (Wildman–Crippen MR) is 75.5 cm³/mol. The summed E-state index contributed by atoms with van der Waals surface area (Å²) in [6.45, 7) is 0. The number of benzene rings is 2. The summed E-state index contributed by atoms with van der Waals surface area (Å²) in [5, 5.41) is 0.871. The van der Waals surface area contributed by atoms with Crippen LogP contribution in [0.5, 0.6) is 11.5 Å². The van der Waals surface area contributed by atoms with Crippen LogP contribution in [0.4, 0.5) is 0 Å². The maximum Gasteiger partial charge on any atom is 0.323 e. The van der Waals surface area contributed by atoms with Crippen molar-refractivity contribution in [3.63, 3.8) is 0 Å². The number of hydrogen-bond acceptors (Lipinski definition) is 2. The molecule has 0 saturated heterocycles. The molecule has 1 aromatic heterocycles. The second-order valence-electron chi connectivity index (χ2n) is 3.94. The van der Waals surface area contributed by atoms with Crippen molar-refractivity contribution in [2.24, 2.45) is 0 Å². The van der Waals surface area contributed by atoms with E-state index < -0.39 is 0 Å². The van der Waals surface area contributed by atoms with Crippen LogP contribution in [0.2, 0.25) is 10.0 Å². The number of aromatic amines is 2. The first-order valence-electron chi connectivity index (χ1n) is 5.47. The van der Waals surface area contributed by atoms with Gasteiger partial charge in [0.15, 0.2) is 5.75 Å². The number of fused-ring (bicyclic) bond motifs is 1. The number of para-hydroxylation sites is 1. The van der Waals surface area contributed by atoms with Gasteiger partial charge in [0.05, 0.1) is 15.6 Å². The van der Waals surface area contributed by atoms with E-state index in [-0.39, 0.29) is 5.69 Å². The molecule has 96 valence electrons. The first kappa shape index (κ1) is 12.1. The van der Waals surface area contributed by atoms with E-state index in [0.717, 1.165) is 0 Å². The zero-order valence-electron chi connectivity index (χ0n) is 9.54. The second-order valence-corrected chi connectivity index (χ2v) is 4.75. The predicted octanol–water partition coefficient (Wildman–Crippen LogP) is 3.96. The van der Waals surface area contributed by atoms with E-state index in [1.54, 1.807) is 36.4 Å². The lowest BCUT2D eigenvalue weighted by Crippen LogP contribution is -1.99. The smallest absolute Gasteiger partial charge is 0.323 e. The third-order valence-corrected chi connectivity index (χ3v) is 3.37. The van der Waals surface area contributed by atoms with Gasteiger partial charge in [0.2, 0.25) is 0 Å². The lowest BCUT2D eigenvalue weighted by atomic mass is 10.3. The molecule has 0 unspecified atom stereocenters. The molecule has 3 aromatic rings. The summed E-state index contributed by atoms with van der Waals surface area (Å²) in [6, 6.07) is 10.3. The third-order valence-electron chi connectivity index (χ3n) is 2.63. The second kappa shape index (κ2) is 4.64. The Balaban J connectivity index is 2.05. The SMILES string of the molecule is O=c1[nH]c2cccc(Oc3ccc(Cl)c(Cl)c3)c2[nH]1. The van der Waals surface area contributed by atoms with E-state index in [1.807, 2.05) is 0 Å². The van der Waals surface area contributed by atoms with Gasteiger partial charge in [-0.25, -0.2) is 4.79 Å².